The van der Waals surface area contributed by atoms with Crippen molar-refractivity contribution in [2.75, 3.05) is 0 Å². The molecule has 6 nitrogen and oxygen atoms in total. The van der Waals surface area contributed by atoms with Gasteiger partial charge in [-0.3, -0.25) is 0 Å². The van der Waals surface area contributed by atoms with E-state index in [9.17, 15) is 0 Å². The number of pyridine rings is 1. The van der Waals surface area contributed by atoms with Crippen LogP contribution in [0.15, 0.2) is 167 Å². The SMILES string of the molecule is c1ccc(-c2nc(-c3ccc4c(c3)oc3ccccc34)nc(-c3ccc4oc5c(ccc6c(-c7ccccc7)nc7ccccc7c65)c4c3)n2)cc1. The molecule has 7 aromatic carbocycles. The lowest BCUT2D eigenvalue weighted by Gasteiger charge is -2.10. The molecular weight excluding hydrogens is 641 g/mol. The molecule has 0 aliphatic carbocycles. The molecule has 0 atom stereocenters. The largest absolute Gasteiger partial charge is 0.456 e. The van der Waals surface area contributed by atoms with Gasteiger partial charge in [-0.15, -0.1) is 0 Å². The molecule has 0 fully saturated rings. The summed E-state index contributed by atoms with van der Waals surface area (Å²) in [5.74, 6) is 1.74. The zero-order valence-corrected chi connectivity index (χ0v) is 27.6. The van der Waals surface area contributed by atoms with Crippen LogP contribution in [0, 0.1) is 0 Å². The molecule has 0 saturated carbocycles. The fourth-order valence-corrected chi connectivity index (χ4v) is 7.44. The Kier molecular flexibility index (Phi) is 6.15. The van der Waals surface area contributed by atoms with E-state index in [2.05, 4.69) is 66.7 Å². The number of hydrogen-bond acceptors (Lipinski definition) is 6. The second-order valence-electron chi connectivity index (χ2n) is 13.0. The Bertz CT molecular complexity index is 3180. The van der Waals surface area contributed by atoms with Crippen molar-refractivity contribution in [2.24, 2.45) is 0 Å². The van der Waals surface area contributed by atoms with Crippen LogP contribution in [0.4, 0.5) is 0 Å². The van der Waals surface area contributed by atoms with E-state index < -0.39 is 0 Å². The number of rotatable bonds is 4. The van der Waals surface area contributed by atoms with Gasteiger partial charge in [0.15, 0.2) is 17.5 Å². The van der Waals surface area contributed by atoms with Gasteiger partial charge in [-0.1, -0.05) is 109 Å². The van der Waals surface area contributed by atoms with Gasteiger partial charge in [0.05, 0.1) is 11.2 Å². The number of para-hydroxylation sites is 2. The van der Waals surface area contributed by atoms with E-state index in [-0.39, 0.29) is 0 Å². The Hall–Kier alpha value is -7.18. The first kappa shape index (κ1) is 28.6. The fourth-order valence-electron chi connectivity index (χ4n) is 7.44. The molecule has 0 spiro atoms. The van der Waals surface area contributed by atoms with Crippen LogP contribution in [0.25, 0.3) is 111 Å². The van der Waals surface area contributed by atoms with E-state index in [0.717, 1.165) is 93.5 Å². The van der Waals surface area contributed by atoms with Gasteiger partial charge in [0.25, 0.3) is 0 Å². The third-order valence-electron chi connectivity index (χ3n) is 9.91. The summed E-state index contributed by atoms with van der Waals surface area (Å²) in [6.07, 6.45) is 0. The molecule has 6 heteroatoms. The highest BCUT2D eigenvalue weighted by atomic mass is 16.3. The molecule has 0 saturated heterocycles. The minimum atomic E-state index is 0.571. The second kappa shape index (κ2) is 11.2. The summed E-state index contributed by atoms with van der Waals surface area (Å²) in [5, 5.41) is 7.30. The number of aromatic nitrogens is 4. The van der Waals surface area contributed by atoms with Gasteiger partial charge >= 0.3 is 0 Å². The van der Waals surface area contributed by atoms with Crippen LogP contribution >= 0.6 is 0 Å². The fraction of sp³-hybridized carbons (Fsp3) is 0. The molecule has 52 heavy (non-hydrogen) atoms. The summed E-state index contributed by atoms with van der Waals surface area (Å²) >= 11 is 0. The third-order valence-corrected chi connectivity index (χ3v) is 9.91. The summed E-state index contributed by atoms with van der Waals surface area (Å²) in [7, 11) is 0. The monoisotopic (exact) mass is 666 g/mol. The van der Waals surface area contributed by atoms with Crippen molar-refractivity contribution in [3.05, 3.63) is 158 Å². The van der Waals surface area contributed by atoms with Gasteiger partial charge < -0.3 is 8.83 Å². The summed E-state index contributed by atoms with van der Waals surface area (Å²) in [4.78, 5) is 20.2. The molecule has 0 radical (unpaired) electrons. The van der Waals surface area contributed by atoms with Gasteiger partial charge in [0, 0.05) is 60.0 Å². The first-order valence-corrected chi connectivity index (χ1v) is 17.2. The van der Waals surface area contributed by atoms with Crippen LogP contribution in [0.5, 0.6) is 0 Å². The van der Waals surface area contributed by atoms with E-state index in [4.69, 9.17) is 28.8 Å². The summed E-state index contributed by atoms with van der Waals surface area (Å²) in [6, 6.07) is 53.4. The predicted octanol–water partition coefficient (Wildman–Crippen LogP) is 12.0. The van der Waals surface area contributed by atoms with Crippen molar-refractivity contribution in [1.29, 1.82) is 0 Å². The highest BCUT2D eigenvalue weighted by Gasteiger charge is 2.19. The van der Waals surface area contributed by atoms with Gasteiger partial charge in [-0.2, -0.15) is 0 Å². The zero-order chi connectivity index (χ0) is 34.2. The molecule has 11 aromatic rings. The molecule has 0 N–H and O–H groups in total. The summed E-state index contributed by atoms with van der Waals surface area (Å²) in [6.45, 7) is 0. The smallest absolute Gasteiger partial charge is 0.164 e. The first-order chi connectivity index (χ1) is 25.7. The maximum Gasteiger partial charge on any atom is 0.164 e. The molecule has 0 unspecified atom stereocenters. The highest BCUT2D eigenvalue weighted by molar-refractivity contribution is 6.24. The zero-order valence-electron chi connectivity index (χ0n) is 27.6. The lowest BCUT2D eigenvalue weighted by molar-refractivity contribution is 0.669. The van der Waals surface area contributed by atoms with Crippen LogP contribution in [-0.4, -0.2) is 19.9 Å². The van der Waals surface area contributed by atoms with E-state index in [1.807, 2.05) is 91.0 Å². The van der Waals surface area contributed by atoms with Crippen molar-refractivity contribution in [1.82, 2.24) is 19.9 Å². The van der Waals surface area contributed by atoms with Crippen molar-refractivity contribution in [3.8, 4) is 45.4 Å². The number of nitrogens with zero attached hydrogens (tertiary/aromatic N) is 4. The quantitative estimate of drug-likeness (QED) is 0.174. The topological polar surface area (TPSA) is 77.8 Å². The molecule has 0 amide bonds. The molecule has 242 valence electrons. The number of hydrogen-bond donors (Lipinski definition) is 0. The van der Waals surface area contributed by atoms with Crippen molar-refractivity contribution in [3.63, 3.8) is 0 Å². The van der Waals surface area contributed by atoms with Crippen LogP contribution < -0.4 is 0 Å². The Morgan fingerprint density at radius 3 is 1.71 bits per heavy atom. The minimum Gasteiger partial charge on any atom is -0.456 e. The molecule has 4 aromatic heterocycles. The molecular formula is C46H26N4O2. The molecule has 0 aliphatic heterocycles. The lowest BCUT2D eigenvalue weighted by atomic mass is 9.97. The Morgan fingerprint density at radius 2 is 0.904 bits per heavy atom. The maximum atomic E-state index is 6.72. The van der Waals surface area contributed by atoms with Gasteiger partial charge in [0.1, 0.15) is 22.3 Å². The Morgan fingerprint density at radius 1 is 0.327 bits per heavy atom. The molecule has 4 heterocycles. The number of fused-ring (bicyclic) bond motifs is 10. The van der Waals surface area contributed by atoms with Crippen molar-refractivity contribution < 1.29 is 8.83 Å². The average molecular weight is 667 g/mol. The van der Waals surface area contributed by atoms with Gasteiger partial charge in [0.2, 0.25) is 0 Å². The standard InChI is InChI=1S/C46H26N4O2/c1-3-11-27(12-4-1)42-35-23-22-33-36-25-29(20-24-39(36)52-43(33)41(35)34-16-7-9-17-37(34)47-42)45-48-44(28-13-5-2-6-14-28)49-46(50-45)30-19-21-32-31-15-8-10-18-38(31)51-40(32)26-30/h1-26H. The summed E-state index contributed by atoms with van der Waals surface area (Å²) < 4.78 is 12.9. The van der Waals surface area contributed by atoms with Gasteiger partial charge in [-0.25, -0.2) is 19.9 Å². The summed E-state index contributed by atoms with van der Waals surface area (Å²) in [5.41, 5.74) is 8.82. The number of furan rings is 2. The molecule has 0 bridgehead atoms. The minimum absolute atomic E-state index is 0.571. The van der Waals surface area contributed by atoms with Gasteiger partial charge in [-0.05, 0) is 48.5 Å². The van der Waals surface area contributed by atoms with Crippen LogP contribution in [0.1, 0.15) is 0 Å². The van der Waals surface area contributed by atoms with Crippen LogP contribution in [0.3, 0.4) is 0 Å². The molecule has 0 aliphatic rings. The Labute approximate surface area is 296 Å². The Balaban J connectivity index is 1.12. The van der Waals surface area contributed by atoms with Crippen LogP contribution in [-0.2, 0) is 0 Å². The normalized spacial score (nSPS) is 11.8. The van der Waals surface area contributed by atoms with E-state index in [1.54, 1.807) is 0 Å². The van der Waals surface area contributed by atoms with Crippen LogP contribution in [0.2, 0.25) is 0 Å². The highest BCUT2D eigenvalue weighted by Crippen LogP contribution is 2.41. The average Bonchev–Trinajstić information content (AvgIpc) is 3.78. The lowest BCUT2D eigenvalue weighted by Crippen LogP contribution is -2.00. The van der Waals surface area contributed by atoms with Crippen molar-refractivity contribution >= 4 is 65.6 Å². The second-order valence-corrected chi connectivity index (χ2v) is 13.0. The van der Waals surface area contributed by atoms with E-state index >= 15 is 0 Å². The van der Waals surface area contributed by atoms with E-state index in [1.165, 1.54) is 0 Å². The third kappa shape index (κ3) is 4.44. The first-order valence-electron chi connectivity index (χ1n) is 17.2. The number of benzene rings is 7. The van der Waals surface area contributed by atoms with Crippen molar-refractivity contribution in [2.45, 2.75) is 0 Å². The molecule has 11 rings (SSSR count). The predicted molar refractivity (Wildman–Crippen MR) is 209 cm³/mol. The van der Waals surface area contributed by atoms with E-state index in [0.29, 0.717) is 17.5 Å². The maximum absolute atomic E-state index is 6.72.